The number of ether oxygens (including phenoxy) is 1. The van der Waals surface area contributed by atoms with Gasteiger partial charge < -0.3 is 15.2 Å². The standard InChI is InChI=1S/C23H14F3N3O5/c24-23(25,26)16-4-9-21(20(12-16)29(32)33)34-19-3-1-2-14(11-19)10-15(13-27)22(31)28-17-5-7-18(30)8-6-17/h1-12,30H,(H,28,31)/b15-10-. The largest absolute Gasteiger partial charge is 0.508 e. The zero-order chi connectivity index (χ0) is 24.9. The van der Waals surface area contributed by atoms with Crippen LogP contribution in [0.4, 0.5) is 24.5 Å². The van der Waals surface area contributed by atoms with Crippen molar-refractivity contribution in [2.75, 3.05) is 5.32 Å². The molecule has 0 unspecified atom stereocenters. The highest BCUT2D eigenvalue weighted by Crippen LogP contribution is 2.38. The second kappa shape index (κ2) is 9.74. The van der Waals surface area contributed by atoms with Crippen molar-refractivity contribution in [1.29, 1.82) is 5.26 Å². The number of phenolic OH excluding ortho intramolecular Hbond substituents is 1. The van der Waals surface area contributed by atoms with Gasteiger partial charge in [-0.05, 0) is 60.2 Å². The maximum Gasteiger partial charge on any atom is 0.416 e. The molecule has 0 bridgehead atoms. The summed E-state index contributed by atoms with van der Waals surface area (Å²) in [4.78, 5) is 22.6. The van der Waals surface area contributed by atoms with Gasteiger partial charge in [0.15, 0.2) is 0 Å². The first kappa shape index (κ1) is 23.8. The number of carbonyl (C=O) groups is 1. The quantitative estimate of drug-likeness (QED) is 0.158. The minimum absolute atomic E-state index is 0.000791. The lowest BCUT2D eigenvalue weighted by atomic mass is 10.1. The second-order valence-electron chi connectivity index (χ2n) is 6.78. The average molecular weight is 469 g/mol. The first-order chi connectivity index (χ1) is 16.1. The van der Waals surface area contributed by atoms with Gasteiger partial charge >= 0.3 is 11.9 Å². The molecule has 0 saturated carbocycles. The summed E-state index contributed by atoms with van der Waals surface area (Å²) in [7, 11) is 0. The predicted molar refractivity (Wildman–Crippen MR) is 115 cm³/mol. The number of rotatable bonds is 6. The van der Waals surface area contributed by atoms with Crippen molar-refractivity contribution in [3.63, 3.8) is 0 Å². The number of aromatic hydroxyl groups is 1. The molecule has 0 aliphatic heterocycles. The molecule has 34 heavy (non-hydrogen) atoms. The molecule has 2 N–H and O–H groups in total. The van der Waals surface area contributed by atoms with Crippen LogP contribution in [0.15, 0.2) is 72.3 Å². The fraction of sp³-hybridized carbons (Fsp3) is 0.0435. The number of nitro groups is 1. The van der Waals surface area contributed by atoms with Crippen molar-refractivity contribution in [2.45, 2.75) is 6.18 Å². The molecule has 3 rings (SSSR count). The minimum atomic E-state index is -4.76. The number of benzene rings is 3. The van der Waals surface area contributed by atoms with E-state index in [0.717, 1.165) is 6.07 Å². The van der Waals surface area contributed by atoms with Crippen LogP contribution >= 0.6 is 0 Å². The summed E-state index contributed by atoms with van der Waals surface area (Å²) in [5.74, 6) is -1.10. The normalized spacial score (nSPS) is 11.4. The average Bonchev–Trinajstić information content (AvgIpc) is 2.78. The number of nitrogens with zero attached hydrogens (tertiary/aromatic N) is 2. The molecule has 3 aromatic carbocycles. The lowest BCUT2D eigenvalue weighted by Gasteiger charge is -2.10. The van der Waals surface area contributed by atoms with E-state index in [4.69, 9.17) is 4.74 Å². The molecule has 11 heteroatoms. The number of nitriles is 1. The maximum absolute atomic E-state index is 12.9. The molecule has 0 heterocycles. The van der Waals surface area contributed by atoms with Crippen molar-refractivity contribution < 1.29 is 32.7 Å². The van der Waals surface area contributed by atoms with Gasteiger partial charge in [0, 0.05) is 11.8 Å². The Morgan fingerprint density at radius 1 is 1.12 bits per heavy atom. The summed E-state index contributed by atoms with van der Waals surface area (Å²) in [5.41, 5.74) is -1.67. The predicted octanol–water partition coefficient (Wildman–Crippen LogP) is 5.66. The number of hydrogen-bond donors (Lipinski definition) is 2. The number of anilines is 1. The number of phenols is 1. The van der Waals surface area contributed by atoms with Gasteiger partial charge in [-0.2, -0.15) is 18.4 Å². The number of nitrogens with one attached hydrogen (secondary N) is 1. The van der Waals surface area contributed by atoms with Crippen LogP contribution in [0.25, 0.3) is 6.08 Å². The van der Waals surface area contributed by atoms with Gasteiger partial charge in [-0.25, -0.2) is 0 Å². The fourth-order valence-corrected chi connectivity index (χ4v) is 2.78. The molecule has 0 saturated heterocycles. The minimum Gasteiger partial charge on any atom is -0.508 e. The molecular formula is C23H14F3N3O5. The molecular weight excluding hydrogens is 455 g/mol. The first-order valence-corrected chi connectivity index (χ1v) is 9.42. The molecule has 0 atom stereocenters. The van der Waals surface area contributed by atoms with E-state index in [1.807, 2.05) is 0 Å². The van der Waals surface area contributed by atoms with E-state index in [-0.39, 0.29) is 17.1 Å². The number of hydrogen-bond acceptors (Lipinski definition) is 6. The Morgan fingerprint density at radius 3 is 2.44 bits per heavy atom. The third kappa shape index (κ3) is 5.89. The van der Waals surface area contributed by atoms with Gasteiger partial charge in [-0.3, -0.25) is 14.9 Å². The highest BCUT2D eigenvalue weighted by Gasteiger charge is 2.33. The summed E-state index contributed by atoms with van der Waals surface area (Å²) in [6.45, 7) is 0. The smallest absolute Gasteiger partial charge is 0.416 e. The van der Waals surface area contributed by atoms with E-state index in [9.17, 15) is 38.4 Å². The van der Waals surface area contributed by atoms with Crippen molar-refractivity contribution in [2.24, 2.45) is 0 Å². The van der Waals surface area contributed by atoms with Crippen LogP contribution in [0.5, 0.6) is 17.2 Å². The Bertz CT molecular complexity index is 1310. The topological polar surface area (TPSA) is 125 Å². The molecule has 0 spiro atoms. The first-order valence-electron chi connectivity index (χ1n) is 9.42. The van der Waals surface area contributed by atoms with Gasteiger partial charge in [0.2, 0.25) is 5.75 Å². The summed E-state index contributed by atoms with van der Waals surface area (Å²) in [5, 5.41) is 32.4. The highest BCUT2D eigenvalue weighted by atomic mass is 19.4. The molecule has 172 valence electrons. The van der Waals surface area contributed by atoms with Crippen molar-refractivity contribution in [3.8, 4) is 23.3 Å². The van der Waals surface area contributed by atoms with E-state index in [2.05, 4.69) is 5.32 Å². The summed E-state index contributed by atoms with van der Waals surface area (Å²) in [6, 6.07) is 15.0. The zero-order valence-corrected chi connectivity index (χ0v) is 17.0. The van der Waals surface area contributed by atoms with E-state index < -0.39 is 34.0 Å². The monoisotopic (exact) mass is 469 g/mol. The Labute approximate surface area is 190 Å². The highest BCUT2D eigenvalue weighted by molar-refractivity contribution is 6.09. The third-order valence-electron chi connectivity index (χ3n) is 4.37. The summed E-state index contributed by atoms with van der Waals surface area (Å²) in [6.07, 6.45) is -3.52. The molecule has 0 radical (unpaired) electrons. The maximum atomic E-state index is 12.9. The second-order valence-corrected chi connectivity index (χ2v) is 6.78. The molecule has 0 fully saturated rings. The number of amides is 1. The number of nitro benzene ring substituents is 1. The van der Waals surface area contributed by atoms with Gasteiger partial charge in [0.1, 0.15) is 23.1 Å². The summed E-state index contributed by atoms with van der Waals surface area (Å²) >= 11 is 0. The Balaban J connectivity index is 1.85. The van der Waals surface area contributed by atoms with Crippen LogP contribution in [0.3, 0.4) is 0 Å². The number of carbonyl (C=O) groups excluding carboxylic acids is 1. The van der Waals surface area contributed by atoms with E-state index in [0.29, 0.717) is 23.4 Å². The van der Waals surface area contributed by atoms with Crippen molar-refractivity contribution in [1.82, 2.24) is 0 Å². The number of halogens is 3. The van der Waals surface area contributed by atoms with Crippen molar-refractivity contribution >= 4 is 23.4 Å². The molecule has 1 amide bonds. The van der Waals surface area contributed by atoms with Crippen LogP contribution in [0, 0.1) is 21.4 Å². The molecule has 0 aromatic heterocycles. The molecule has 8 nitrogen and oxygen atoms in total. The lowest BCUT2D eigenvalue weighted by Crippen LogP contribution is -2.13. The van der Waals surface area contributed by atoms with E-state index >= 15 is 0 Å². The van der Waals surface area contributed by atoms with Gasteiger partial charge in [-0.15, -0.1) is 0 Å². The fourth-order valence-electron chi connectivity index (χ4n) is 2.78. The van der Waals surface area contributed by atoms with Crippen LogP contribution in [0.1, 0.15) is 11.1 Å². The van der Waals surface area contributed by atoms with Crippen LogP contribution in [0.2, 0.25) is 0 Å². The number of alkyl halides is 3. The van der Waals surface area contributed by atoms with Crippen molar-refractivity contribution in [3.05, 3.63) is 93.5 Å². The third-order valence-corrected chi connectivity index (χ3v) is 4.37. The van der Waals surface area contributed by atoms with Crippen LogP contribution in [-0.4, -0.2) is 15.9 Å². The SMILES string of the molecule is N#C/C(=C/c1cccc(Oc2ccc(C(F)(F)F)cc2[N+](=O)[O-])c1)C(=O)Nc1ccc(O)cc1. The zero-order valence-electron chi connectivity index (χ0n) is 17.0. The van der Waals surface area contributed by atoms with Gasteiger partial charge in [-0.1, -0.05) is 12.1 Å². The van der Waals surface area contributed by atoms with Crippen LogP contribution in [-0.2, 0) is 11.0 Å². The van der Waals surface area contributed by atoms with E-state index in [1.165, 1.54) is 54.6 Å². The lowest BCUT2D eigenvalue weighted by molar-refractivity contribution is -0.385. The van der Waals surface area contributed by atoms with Gasteiger partial charge in [0.25, 0.3) is 5.91 Å². The molecule has 0 aliphatic carbocycles. The molecule has 0 aliphatic rings. The Hall–Kier alpha value is -4.85. The Kier molecular flexibility index (Phi) is 6.82. The van der Waals surface area contributed by atoms with Crippen LogP contribution < -0.4 is 10.1 Å². The summed E-state index contributed by atoms with van der Waals surface area (Å²) < 4.78 is 44.1. The Morgan fingerprint density at radius 2 is 1.82 bits per heavy atom. The van der Waals surface area contributed by atoms with Gasteiger partial charge in [0.05, 0.1) is 10.5 Å². The molecule has 3 aromatic rings. The van der Waals surface area contributed by atoms with E-state index in [1.54, 1.807) is 6.07 Å².